The molecule has 2 aromatic rings. The Labute approximate surface area is 129 Å². The molecule has 112 valence electrons. The second-order valence-corrected chi connectivity index (χ2v) is 5.04. The zero-order valence-corrected chi connectivity index (χ0v) is 12.5. The summed E-state index contributed by atoms with van der Waals surface area (Å²) in [6.45, 7) is 1.71. The average molecular weight is 307 g/mol. The first-order valence-electron chi connectivity index (χ1n) is 6.95. The lowest BCUT2D eigenvalue weighted by molar-refractivity contribution is 0.0945. The second kappa shape index (κ2) is 7.24. The van der Waals surface area contributed by atoms with Crippen molar-refractivity contribution in [2.75, 3.05) is 13.1 Å². The van der Waals surface area contributed by atoms with Crippen molar-refractivity contribution in [1.29, 1.82) is 0 Å². The Morgan fingerprint density at radius 3 is 2.86 bits per heavy atom. The number of hydrogen-bond donors (Lipinski definition) is 3. The van der Waals surface area contributed by atoms with Crippen LogP contribution in [0.4, 0.5) is 0 Å². The fraction of sp³-hybridized carbons (Fsp3) is 0.333. The molecule has 1 amide bonds. The summed E-state index contributed by atoms with van der Waals surface area (Å²) < 4.78 is 0. The fourth-order valence-corrected chi connectivity index (χ4v) is 2.44. The van der Waals surface area contributed by atoms with Gasteiger partial charge in [0.15, 0.2) is 0 Å². The van der Waals surface area contributed by atoms with Gasteiger partial charge in [0.25, 0.3) is 5.91 Å². The monoisotopic (exact) mass is 306 g/mol. The van der Waals surface area contributed by atoms with E-state index in [2.05, 4.69) is 20.8 Å². The Morgan fingerprint density at radius 1 is 1.33 bits per heavy atom. The van der Waals surface area contributed by atoms with Crippen molar-refractivity contribution in [1.82, 2.24) is 20.8 Å². The first kappa shape index (κ1) is 15.5. The number of halogens is 1. The Bertz CT molecular complexity index is 578. The van der Waals surface area contributed by atoms with Crippen molar-refractivity contribution in [2.24, 2.45) is 0 Å². The molecule has 0 spiro atoms. The number of rotatable bonds is 4. The molecule has 0 radical (unpaired) electrons. The van der Waals surface area contributed by atoms with Crippen LogP contribution in [0.1, 0.15) is 23.3 Å². The molecule has 21 heavy (non-hydrogen) atoms. The Kier molecular flexibility index (Phi) is 5.36. The number of nitrogens with one attached hydrogen (secondary N) is 3. The van der Waals surface area contributed by atoms with Gasteiger partial charge >= 0.3 is 0 Å². The summed E-state index contributed by atoms with van der Waals surface area (Å²) in [4.78, 5) is 12.0. The van der Waals surface area contributed by atoms with Gasteiger partial charge in [-0.1, -0.05) is 30.3 Å². The van der Waals surface area contributed by atoms with Crippen LogP contribution in [0.25, 0.3) is 11.3 Å². The second-order valence-electron chi connectivity index (χ2n) is 5.04. The van der Waals surface area contributed by atoms with E-state index in [1.807, 2.05) is 30.3 Å². The number of aromatic amines is 1. The maximum atomic E-state index is 12.0. The van der Waals surface area contributed by atoms with Gasteiger partial charge in [0.2, 0.25) is 0 Å². The van der Waals surface area contributed by atoms with Crippen LogP contribution in [-0.4, -0.2) is 35.2 Å². The third-order valence-corrected chi connectivity index (χ3v) is 3.56. The number of amides is 1. The first-order chi connectivity index (χ1) is 9.83. The summed E-state index contributed by atoms with van der Waals surface area (Å²) in [7, 11) is 0. The molecule has 1 aromatic carbocycles. The van der Waals surface area contributed by atoms with Gasteiger partial charge in [0.05, 0.1) is 5.69 Å². The molecule has 0 saturated carbocycles. The van der Waals surface area contributed by atoms with E-state index < -0.39 is 0 Å². The normalized spacial score (nSPS) is 17.2. The molecule has 2 heterocycles. The minimum Gasteiger partial charge on any atom is -0.349 e. The standard InChI is InChI=1S/C15H18N4O.ClH/c20-15(17-10-12-7-4-8-16-12)14-9-13(18-19-14)11-5-2-1-3-6-11;/h1-3,5-6,9,12,16H,4,7-8,10H2,(H,17,20)(H,18,19);1H. The molecule has 1 saturated heterocycles. The minimum atomic E-state index is -0.103. The van der Waals surface area contributed by atoms with Gasteiger partial charge < -0.3 is 10.6 Å². The Morgan fingerprint density at radius 2 is 2.14 bits per heavy atom. The van der Waals surface area contributed by atoms with Crippen molar-refractivity contribution in [2.45, 2.75) is 18.9 Å². The van der Waals surface area contributed by atoms with Gasteiger partial charge in [-0.3, -0.25) is 9.89 Å². The summed E-state index contributed by atoms with van der Waals surface area (Å²) in [6, 6.07) is 12.0. The van der Waals surface area contributed by atoms with Crippen LogP contribution >= 0.6 is 12.4 Å². The van der Waals surface area contributed by atoms with Crippen molar-refractivity contribution >= 4 is 18.3 Å². The zero-order chi connectivity index (χ0) is 13.8. The SMILES string of the molecule is Cl.O=C(NCC1CCCN1)c1cc(-c2ccccc2)n[nH]1. The van der Waals surface area contributed by atoms with E-state index >= 15 is 0 Å². The smallest absolute Gasteiger partial charge is 0.269 e. The Balaban J connectivity index is 0.00000161. The van der Waals surface area contributed by atoms with Gasteiger partial charge in [-0.05, 0) is 25.5 Å². The molecule has 1 atom stereocenters. The van der Waals surface area contributed by atoms with Crippen LogP contribution < -0.4 is 10.6 Å². The van der Waals surface area contributed by atoms with Crippen LogP contribution in [0.3, 0.4) is 0 Å². The van der Waals surface area contributed by atoms with E-state index in [4.69, 9.17) is 0 Å². The largest absolute Gasteiger partial charge is 0.349 e. The summed E-state index contributed by atoms with van der Waals surface area (Å²) >= 11 is 0. The number of aromatic nitrogens is 2. The van der Waals surface area contributed by atoms with Gasteiger partial charge in [0.1, 0.15) is 5.69 Å². The Hall–Kier alpha value is -1.85. The zero-order valence-electron chi connectivity index (χ0n) is 11.6. The fourth-order valence-electron chi connectivity index (χ4n) is 2.44. The lowest BCUT2D eigenvalue weighted by Crippen LogP contribution is -2.37. The van der Waals surface area contributed by atoms with Crippen LogP contribution in [0.5, 0.6) is 0 Å². The third kappa shape index (κ3) is 3.83. The predicted octanol–water partition coefficient (Wildman–Crippen LogP) is 1.98. The first-order valence-corrected chi connectivity index (χ1v) is 6.95. The maximum Gasteiger partial charge on any atom is 0.269 e. The van der Waals surface area contributed by atoms with E-state index in [1.165, 1.54) is 6.42 Å². The highest BCUT2D eigenvalue weighted by atomic mass is 35.5. The van der Waals surface area contributed by atoms with E-state index in [0.717, 1.165) is 24.2 Å². The average Bonchev–Trinajstić information content (AvgIpc) is 3.17. The topological polar surface area (TPSA) is 69.8 Å². The quantitative estimate of drug-likeness (QED) is 0.809. The van der Waals surface area contributed by atoms with Crippen molar-refractivity contribution in [3.63, 3.8) is 0 Å². The van der Waals surface area contributed by atoms with Crippen molar-refractivity contribution < 1.29 is 4.79 Å². The van der Waals surface area contributed by atoms with Gasteiger partial charge in [-0.2, -0.15) is 5.10 Å². The number of carbonyl (C=O) groups excluding carboxylic acids is 1. The molecule has 1 aromatic heterocycles. The summed E-state index contributed by atoms with van der Waals surface area (Å²) in [5.74, 6) is -0.103. The lowest BCUT2D eigenvalue weighted by Gasteiger charge is -2.10. The van der Waals surface area contributed by atoms with E-state index in [-0.39, 0.29) is 18.3 Å². The highest BCUT2D eigenvalue weighted by Crippen LogP contribution is 2.16. The molecular weight excluding hydrogens is 288 g/mol. The maximum absolute atomic E-state index is 12.0. The molecule has 3 rings (SSSR count). The van der Waals surface area contributed by atoms with Gasteiger partial charge in [0, 0.05) is 18.2 Å². The van der Waals surface area contributed by atoms with Crippen molar-refractivity contribution in [3.8, 4) is 11.3 Å². The molecule has 1 unspecified atom stereocenters. The number of hydrogen-bond acceptors (Lipinski definition) is 3. The van der Waals surface area contributed by atoms with Crippen LogP contribution in [0.15, 0.2) is 36.4 Å². The summed E-state index contributed by atoms with van der Waals surface area (Å²) in [6.07, 6.45) is 2.31. The minimum absolute atomic E-state index is 0. The summed E-state index contributed by atoms with van der Waals surface area (Å²) in [5.41, 5.74) is 2.29. The highest BCUT2D eigenvalue weighted by Gasteiger charge is 2.16. The van der Waals surface area contributed by atoms with E-state index in [0.29, 0.717) is 18.3 Å². The number of benzene rings is 1. The third-order valence-electron chi connectivity index (χ3n) is 3.56. The van der Waals surface area contributed by atoms with Gasteiger partial charge in [-0.25, -0.2) is 0 Å². The van der Waals surface area contributed by atoms with Crippen molar-refractivity contribution in [3.05, 3.63) is 42.1 Å². The van der Waals surface area contributed by atoms with Crippen LogP contribution in [0, 0.1) is 0 Å². The highest BCUT2D eigenvalue weighted by molar-refractivity contribution is 5.93. The number of H-pyrrole nitrogens is 1. The predicted molar refractivity (Wildman–Crippen MR) is 84.6 cm³/mol. The number of carbonyl (C=O) groups is 1. The molecule has 0 bridgehead atoms. The summed E-state index contributed by atoms with van der Waals surface area (Å²) in [5, 5.41) is 13.3. The molecular formula is C15H19ClN4O. The van der Waals surface area contributed by atoms with E-state index in [1.54, 1.807) is 6.07 Å². The lowest BCUT2D eigenvalue weighted by atomic mass is 10.1. The number of nitrogens with zero attached hydrogens (tertiary/aromatic N) is 1. The van der Waals surface area contributed by atoms with Crippen LogP contribution in [0.2, 0.25) is 0 Å². The molecule has 3 N–H and O–H groups in total. The molecule has 6 heteroatoms. The van der Waals surface area contributed by atoms with Gasteiger partial charge in [-0.15, -0.1) is 12.4 Å². The molecule has 1 fully saturated rings. The molecule has 5 nitrogen and oxygen atoms in total. The molecule has 1 aliphatic rings. The molecule has 1 aliphatic heterocycles. The van der Waals surface area contributed by atoms with E-state index in [9.17, 15) is 4.79 Å². The molecule has 0 aliphatic carbocycles. The van der Waals surface area contributed by atoms with Crippen LogP contribution in [-0.2, 0) is 0 Å².